The molecule has 1 unspecified atom stereocenters. The van der Waals surface area contributed by atoms with E-state index in [-0.39, 0.29) is 31.1 Å². The fourth-order valence-corrected chi connectivity index (χ4v) is 8.31. The van der Waals surface area contributed by atoms with Crippen molar-refractivity contribution < 1.29 is 28.6 Å². The van der Waals surface area contributed by atoms with Gasteiger partial charge in [0.15, 0.2) is 6.10 Å². The van der Waals surface area contributed by atoms with Crippen LogP contribution in [0.5, 0.6) is 0 Å². The predicted molar refractivity (Wildman–Crippen MR) is 261 cm³/mol. The molecule has 0 aromatic carbocycles. The summed E-state index contributed by atoms with van der Waals surface area (Å²) in [5.74, 6) is 0.866. The highest BCUT2D eigenvalue weighted by molar-refractivity contribution is 5.71. The molecule has 0 N–H and O–H groups in total. The lowest BCUT2D eigenvalue weighted by molar-refractivity contribution is -0.167. The fourth-order valence-electron chi connectivity index (χ4n) is 8.31. The van der Waals surface area contributed by atoms with Crippen LogP contribution in [0.3, 0.4) is 0 Å². The number of hydrogen-bond acceptors (Lipinski definition) is 6. The van der Waals surface area contributed by atoms with Gasteiger partial charge in [-0.2, -0.15) is 0 Å². The maximum Gasteiger partial charge on any atom is 0.306 e. The number of rotatable bonds is 49. The van der Waals surface area contributed by atoms with Crippen molar-refractivity contribution in [1.29, 1.82) is 0 Å². The second-order valence-electron chi connectivity index (χ2n) is 19.6. The predicted octanol–water partition coefficient (Wildman–Crippen LogP) is 17.7. The van der Waals surface area contributed by atoms with Crippen molar-refractivity contribution in [3.05, 3.63) is 0 Å². The number of esters is 3. The molecule has 6 nitrogen and oxygen atoms in total. The summed E-state index contributed by atoms with van der Waals surface area (Å²) in [4.78, 5) is 37.9. The molecule has 0 amide bonds. The molecule has 0 saturated heterocycles. The summed E-state index contributed by atoms with van der Waals surface area (Å²) < 4.78 is 16.8. The van der Waals surface area contributed by atoms with Gasteiger partial charge < -0.3 is 14.2 Å². The molecular formula is C55H106O6. The lowest BCUT2D eigenvalue weighted by Gasteiger charge is -2.18. The van der Waals surface area contributed by atoms with Crippen molar-refractivity contribution in [2.75, 3.05) is 13.2 Å². The molecule has 61 heavy (non-hydrogen) atoms. The highest BCUT2D eigenvalue weighted by atomic mass is 16.6. The topological polar surface area (TPSA) is 78.9 Å². The maximum absolute atomic E-state index is 12.8. The van der Waals surface area contributed by atoms with Crippen molar-refractivity contribution in [2.24, 2.45) is 11.8 Å². The SMILES string of the molecule is CCCCCCCCCCCC(=O)OC[C@H](COC(=O)CCCCCCCCCCCCCCCCCCCCC(C)CC)OC(=O)CCCCCCCCCCCC(C)C. The molecule has 0 aromatic heterocycles. The van der Waals surface area contributed by atoms with E-state index >= 15 is 0 Å². The van der Waals surface area contributed by atoms with E-state index in [1.54, 1.807) is 0 Å². The molecule has 0 aliphatic carbocycles. The van der Waals surface area contributed by atoms with Crippen LogP contribution in [0, 0.1) is 11.8 Å². The summed E-state index contributed by atoms with van der Waals surface area (Å²) in [6, 6.07) is 0. The standard InChI is InChI=1S/C55H106O6/c1-6-8-9-10-11-23-30-35-40-45-53(56)59-48-52(61-55(58)47-42-37-32-27-22-24-28-33-38-43-50(3)4)49-60-54(57)46-41-36-31-26-21-19-17-15-13-12-14-16-18-20-25-29-34-39-44-51(5)7-2/h50-52H,6-49H2,1-5H3/t51?,52-/m1/s1. The molecule has 2 atom stereocenters. The van der Waals surface area contributed by atoms with Crippen molar-refractivity contribution in [3.8, 4) is 0 Å². The molecule has 0 aliphatic rings. The minimum Gasteiger partial charge on any atom is -0.462 e. The van der Waals surface area contributed by atoms with Gasteiger partial charge in [0.2, 0.25) is 0 Å². The molecular weight excluding hydrogens is 757 g/mol. The minimum atomic E-state index is -0.761. The Morgan fingerprint density at radius 2 is 0.623 bits per heavy atom. The van der Waals surface area contributed by atoms with Crippen LogP contribution in [0.25, 0.3) is 0 Å². The summed E-state index contributed by atoms with van der Waals surface area (Å²) in [5, 5.41) is 0. The van der Waals surface area contributed by atoms with Crippen molar-refractivity contribution in [1.82, 2.24) is 0 Å². The number of hydrogen-bond donors (Lipinski definition) is 0. The Morgan fingerprint density at radius 3 is 0.934 bits per heavy atom. The van der Waals surface area contributed by atoms with Crippen molar-refractivity contribution in [3.63, 3.8) is 0 Å². The molecule has 0 rings (SSSR count). The second kappa shape index (κ2) is 47.9. The van der Waals surface area contributed by atoms with E-state index in [9.17, 15) is 14.4 Å². The van der Waals surface area contributed by atoms with Crippen LogP contribution in [0.4, 0.5) is 0 Å². The zero-order chi connectivity index (χ0) is 44.7. The average molecular weight is 863 g/mol. The Bertz CT molecular complexity index is 933. The first-order valence-corrected chi connectivity index (χ1v) is 27.3. The zero-order valence-electron chi connectivity index (χ0n) is 41.8. The molecule has 0 aromatic rings. The lowest BCUT2D eigenvalue weighted by atomic mass is 9.99. The Kier molecular flexibility index (Phi) is 46.6. The van der Waals surface area contributed by atoms with Gasteiger partial charge in [-0.1, -0.05) is 266 Å². The first kappa shape index (κ1) is 59.4. The minimum absolute atomic E-state index is 0.0637. The van der Waals surface area contributed by atoms with E-state index in [2.05, 4.69) is 34.6 Å². The van der Waals surface area contributed by atoms with Gasteiger partial charge in [0.25, 0.3) is 0 Å². The van der Waals surface area contributed by atoms with Gasteiger partial charge in [0.05, 0.1) is 0 Å². The first-order chi connectivity index (χ1) is 29.8. The highest BCUT2D eigenvalue weighted by Gasteiger charge is 2.19. The Balaban J connectivity index is 4.15. The van der Waals surface area contributed by atoms with Gasteiger partial charge >= 0.3 is 17.9 Å². The zero-order valence-corrected chi connectivity index (χ0v) is 41.8. The van der Waals surface area contributed by atoms with Crippen molar-refractivity contribution in [2.45, 2.75) is 310 Å². The number of ether oxygens (including phenoxy) is 3. The van der Waals surface area contributed by atoms with Crippen LogP contribution in [0.15, 0.2) is 0 Å². The molecule has 0 fully saturated rings. The van der Waals surface area contributed by atoms with Crippen molar-refractivity contribution >= 4 is 17.9 Å². The van der Waals surface area contributed by atoms with Crippen LogP contribution < -0.4 is 0 Å². The molecule has 0 saturated carbocycles. The maximum atomic E-state index is 12.8. The largest absolute Gasteiger partial charge is 0.462 e. The number of carbonyl (C=O) groups excluding carboxylic acids is 3. The molecule has 0 aliphatic heterocycles. The third kappa shape index (κ3) is 47.7. The van der Waals surface area contributed by atoms with E-state index in [0.717, 1.165) is 69.6 Å². The van der Waals surface area contributed by atoms with E-state index < -0.39 is 6.10 Å². The van der Waals surface area contributed by atoms with Gasteiger partial charge in [0, 0.05) is 19.3 Å². The van der Waals surface area contributed by atoms with Gasteiger partial charge in [0.1, 0.15) is 13.2 Å². The van der Waals surface area contributed by atoms with Gasteiger partial charge in [-0.3, -0.25) is 14.4 Å². The molecule has 362 valence electrons. The summed E-state index contributed by atoms with van der Waals surface area (Å²) in [7, 11) is 0. The van der Waals surface area contributed by atoms with Crippen LogP contribution in [-0.2, 0) is 28.6 Å². The van der Waals surface area contributed by atoms with Crippen LogP contribution in [-0.4, -0.2) is 37.2 Å². The average Bonchev–Trinajstić information content (AvgIpc) is 3.24. The van der Waals surface area contributed by atoms with Gasteiger partial charge in [-0.15, -0.1) is 0 Å². The number of carbonyl (C=O) groups is 3. The monoisotopic (exact) mass is 863 g/mol. The number of unbranched alkanes of at least 4 members (excludes halogenated alkanes) is 33. The molecule has 0 spiro atoms. The second-order valence-corrected chi connectivity index (χ2v) is 19.6. The van der Waals surface area contributed by atoms with Gasteiger partial charge in [-0.05, 0) is 31.1 Å². The van der Waals surface area contributed by atoms with E-state index in [1.807, 2.05) is 0 Å². The molecule has 0 bridgehead atoms. The van der Waals surface area contributed by atoms with Crippen LogP contribution >= 0.6 is 0 Å². The fraction of sp³-hybridized carbons (Fsp3) is 0.945. The first-order valence-electron chi connectivity index (χ1n) is 27.3. The quantitative estimate of drug-likeness (QED) is 0.0344. The molecule has 6 heteroatoms. The van der Waals surface area contributed by atoms with E-state index in [4.69, 9.17) is 14.2 Å². The van der Waals surface area contributed by atoms with Crippen LogP contribution in [0.1, 0.15) is 304 Å². The summed E-state index contributed by atoms with van der Waals surface area (Å²) in [6.45, 7) is 11.4. The molecule has 0 heterocycles. The van der Waals surface area contributed by atoms with E-state index in [0.29, 0.717) is 19.3 Å². The molecule has 0 radical (unpaired) electrons. The Morgan fingerprint density at radius 1 is 0.344 bits per heavy atom. The summed E-state index contributed by atoms with van der Waals surface area (Å²) in [5.41, 5.74) is 0. The van der Waals surface area contributed by atoms with Gasteiger partial charge in [-0.25, -0.2) is 0 Å². The Hall–Kier alpha value is -1.59. The summed E-state index contributed by atoms with van der Waals surface area (Å²) >= 11 is 0. The van der Waals surface area contributed by atoms with Crippen LogP contribution in [0.2, 0.25) is 0 Å². The van der Waals surface area contributed by atoms with E-state index in [1.165, 1.54) is 193 Å². The smallest absolute Gasteiger partial charge is 0.306 e. The third-order valence-corrected chi connectivity index (χ3v) is 12.8. The normalized spacial score (nSPS) is 12.5. The summed E-state index contributed by atoms with van der Waals surface area (Å²) in [6.07, 6.45) is 49.6. The lowest BCUT2D eigenvalue weighted by Crippen LogP contribution is -2.30. The Labute approximate surface area is 380 Å². The highest BCUT2D eigenvalue weighted by Crippen LogP contribution is 2.18. The third-order valence-electron chi connectivity index (χ3n) is 12.8.